The summed E-state index contributed by atoms with van der Waals surface area (Å²) in [7, 11) is 3.46. The summed E-state index contributed by atoms with van der Waals surface area (Å²) in [4.78, 5) is 17.4. The Hall–Kier alpha value is -1.52. The number of hydrogen-bond donors (Lipinski definition) is 2. The standard InChI is InChI=1S/C15H30N4O/c1-12(2)8-7-9-16-15(17-10-13(3)4)18-11-14(20)19(5)6/h12H,3,7-11H2,1-2,4-6H3,(H2,16,17,18). The van der Waals surface area contributed by atoms with Crippen LogP contribution in [0.25, 0.3) is 0 Å². The molecule has 0 saturated heterocycles. The lowest BCUT2D eigenvalue weighted by Gasteiger charge is -2.14. The summed E-state index contributed by atoms with van der Waals surface area (Å²) in [5.41, 5.74) is 1.03. The average molecular weight is 282 g/mol. The summed E-state index contributed by atoms with van der Waals surface area (Å²) in [6, 6.07) is 0. The monoisotopic (exact) mass is 282 g/mol. The van der Waals surface area contributed by atoms with Crippen molar-refractivity contribution in [1.29, 1.82) is 0 Å². The molecule has 0 aromatic rings. The molecule has 5 nitrogen and oxygen atoms in total. The Kier molecular flexibility index (Phi) is 9.51. The van der Waals surface area contributed by atoms with E-state index in [1.807, 2.05) is 6.92 Å². The van der Waals surface area contributed by atoms with Crippen molar-refractivity contribution in [2.45, 2.75) is 33.6 Å². The third-order valence-corrected chi connectivity index (χ3v) is 2.68. The highest BCUT2D eigenvalue weighted by molar-refractivity contribution is 5.84. The van der Waals surface area contributed by atoms with Crippen LogP contribution in [0.1, 0.15) is 33.6 Å². The number of rotatable bonds is 8. The van der Waals surface area contributed by atoms with Gasteiger partial charge in [0, 0.05) is 27.2 Å². The average Bonchev–Trinajstić information content (AvgIpc) is 2.35. The van der Waals surface area contributed by atoms with E-state index in [1.54, 1.807) is 19.0 Å². The van der Waals surface area contributed by atoms with Crippen molar-refractivity contribution in [3.8, 4) is 0 Å². The first kappa shape index (κ1) is 18.5. The van der Waals surface area contributed by atoms with Gasteiger partial charge in [-0.1, -0.05) is 26.0 Å². The van der Waals surface area contributed by atoms with Gasteiger partial charge in [-0.3, -0.25) is 4.79 Å². The normalized spacial score (nSPS) is 11.4. The van der Waals surface area contributed by atoms with Crippen molar-refractivity contribution >= 4 is 11.9 Å². The van der Waals surface area contributed by atoms with Gasteiger partial charge < -0.3 is 15.5 Å². The number of guanidine groups is 1. The highest BCUT2D eigenvalue weighted by Crippen LogP contribution is 2.01. The van der Waals surface area contributed by atoms with Crippen molar-refractivity contribution in [3.63, 3.8) is 0 Å². The Bertz CT molecular complexity index is 335. The van der Waals surface area contributed by atoms with Crippen LogP contribution >= 0.6 is 0 Å². The Morgan fingerprint density at radius 2 is 1.95 bits per heavy atom. The zero-order valence-corrected chi connectivity index (χ0v) is 13.6. The molecule has 1 amide bonds. The second-order valence-corrected chi connectivity index (χ2v) is 5.73. The lowest BCUT2D eigenvalue weighted by Crippen LogP contribution is -2.39. The van der Waals surface area contributed by atoms with Crippen LogP contribution in [-0.4, -0.2) is 50.5 Å². The fraction of sp³-hybridized carbons (Fsp3) is 0.733. The third kappa shape index (κ3) is 10.4. The van der Waals surface area contributed by atoms with Crippen LogP contribution in [0.5, 0.6) is 0 Å². The number of carbonyl (C=O) groups excluding carboxylic acids is 1. The van der Waals surface area contributed by atoms with Crippen LogP contribution in [0.3, 0.4) is 0 Å². The van der Waals surface area contributed by atoms with Gasteiger partial charge in [0.25, 0.3) is 0 Å². The molecule has 5 heteroatoms. The summed E-state index contributed by atoms with van der Waals surface area (Å²) < 4.78 is 0. The number of nitrogens with zero attached hydrogens (tertiary/aromatic N) is 2. The molecule has 0 spiro atoms. The molecule has 0 aromatic heterocycles. The van der Waals surface area contributed by atoms with Crippen LogP contribution < -0.4 is 10.6 Å². The smallest absolute Gasteiger partial charge is 0.243 e. The molecular weight excluding hydrogens is 252 g/mol. The van der Waals surface area contributed by atoms with Gasteiger partial charge in [-0.15, -0.1) is 0 Å². The van der Waals surface area contributed by atoms with Gasteiger partial charge in [0.05, 0.1) is 0 Å². The molecule has 2 N–H and O–H groups in total. The number of nitrogens with one attached hydrogen (secondary N) is 2. The number of amides is 1. The number of hydrogen-bond acceptors (Lipinski definition) is 2. The van der Waals surface area contributed by atoms with Crippen molar-refractivity contribution in [2.75, 3.05) is 33.7 Å². The molecule has 0 atom stereocenters. The SMILES string of the molecule is C=C(C)CNC(=NCC(=O)N(C)C)NCCCC(C)C. The van der Waals surface area contributed by atoms with Crippen LogP contribution in [0.15, 0.2) is 17.1 Å². The summed E-state index contributed by atoms with van der Waals surface area (Å²) in [5.74, 6) is 1.37. The summed E-state index contributed by atoms with van der Waals surface area (Å²) >= 11 is 0. The Labute approximate surface area is 123 Å². The van der Waals surface area contributed by atoms with Crippen molar-refractivity contribution in [3.05, 3.63) is 12.2 Å². The van der Waals surface area contributed by atoms with Crippen LogP contribution in [0.2, 0.25) is 0 Å². The Balaban J connectivity index is 4.28. The fourth-order valence-corrected chi connectivity index (χ4v) is 1.41. The second-order valence-electron chi connectivity index (χ2n) is 5.73. The van der Waals surface area contributed by atoms with E-state index in [0.29, 0.717) is 18.4 Å². The van der Waals surface area contributed by atoms with Gasteiger partial charge in [0.1, 0.15) is 6.54 Å². The molecule has 0 rings (SSSR count). The molecule has 116 valence electrons. The quantitative estimate of drug-likeness (QED) is 0.308. The van der Waals surface area contributed by atoms with E-state index in [0.717, 1.165) is 18.5 Å². The highest BCUT2D eigenvalue weighted by atomic mass is 16.2. The molecule has 0 saturated carbocycles. The molecule has 0 aliphatic heterocycles. The van der Waals surface area contributed by atoms with Gasteiger partial charge in [0.15, 0.2) is 5.96 Å². The van der Waals surface area contributed by atoms with E-state index >= 15 is 0 Å². The molecular formula is C15H30N4O. The summed E-state index contributed by atoms with van der Waals surface area (Å²) in [6.45, 7) is 11.9. The van der Waals surface area contributed by atoms with E-state index in [-0.39, 0.29) is 12.5 Å². The van der Waals surface area contributed by atoms with Crippen molar-refractivity contribution < 1.29 is 4.79 Å². The van der Waals surface area contributed by atoms with Gasteiger partial charge in [-0.25, -0.2) is 4.99 Å². The molecule has 0 unspecified atom stereocenters. The predicted molar refractivity (Wildman–Crippen MR) is 85.9 cm³/mol. The first-order valence-electron chi connectivity index (χ1n) is 7.19. The largest absolute Gasteiger partial charge is 0.356 e. The van der Waals surface area contributed by atoms with E-state index in [2.05, 4.69) is 36.1 Å². The van der Waals surface area contributed by atoms with Gasteiger partial charge in [0.2, 0.25) is 5.91 Å². The molecule has 0 bridgehead atoms. The first-order valence-corrected chi connectivity index (χ1v) is 7.19. The van der Waals surface area contributed by atoms with E-state index in [9.17, 15) is 4.79 Å². The minimum absolute atomic E-state index is 0.0106. The van der Waals surface area contributed by atoms with Gasteiger partial charge in [-0.05, 0) is 25.7 Å². The number of aliphatic imine (C=N–C) groups is 1. The lowest BCUT2D eigenvalue weighted by molar-refractivity contribution is -0.127. The predicted octanol–water partition coefficient (Wildman–Crippen LogP) is 1.62. The Morgan fingerprint density at radius 1 is 1.30 bits per heavy atom. The summed E-state index contributed by atoms with van der Waals surface area (Å²) in [6.07, 6.45) is 2.27. The zero-order chi connectivity index (χ0) is 15.5. The van der Waals surface area contributed by atoms with Crippen molar-refractivity contribution in [2.24, 2.45) is 10.9 Å². The zero-order valence-electron chi connectivity index (χ0n) is 13.6. The maximum absolute atomic E-state index is 11.6. The molecule has 20 heavy (non-hydrogen) atoms. The topological polar surface area (TPSA) is 56.7 Å². The minimum Gasteiger partial charge on any atom is -0.356 e. The molecule has 0 aliphatic carbocycles. The Morgan fingerprint density at radius 3 is 2.45 bits per heavy atom. The lowest BCUT2D eigenvalue weighted by atomic mass is 10.1. The second kappa shape index (κ2) is 10.3. The maximum Gasteiger partial charge on any atom is 0.243 e. The fourth-order valence-electron chi connectivity index (χ4n) is 1.41. The first-order chi connectivity index (χ1) is 9.32. The van der Waals surface area contributed by atoms with Crippen LogP contribution in [-0.2, 0) is 4.79 Å². The molecule has 0 heterocycles. The van der Waals surface area contributed by atoms with Crippen LogP contribution in [0.4, 0.5) is 0 Å². The van der Waals surface area contributed by atoms with E-state index in [1.165, 1.54) is 6.42 Å². The summed E-state index contributed by atoms with van der Waals surface area (Å²) in [5, 5.41) is 6.42. The molecule has 0 radical (unpaired) electrons. The van der Waals surface area contributed by atoms with Crippen LogP contribution in [0, 0.1) is 5.92 Å². The highest BCUT2D eigenvalue weighted by Gasteiger charge is 2.04. The molecule has 0 aromatic carbocycles. The molecule has 0 fully saturated rings. The minimum atomic E-state index is -0.0106. The number of carbonyl (C=O) groups is 1. The van der Waals surface area contributed by atoms with Crippen molar-refractivity contribution in [1.82, 2.24) is 15.5 Å². The van der Waals surface area contributed by atoms with Gasteiger partial charge in [-0.2, -0.15) is 0 Å². The van der Waals surface area contributed by atoms with E-state index in [4.69, 9.17) is 0 Å². The third-order valence-electron chi connectivity index (χ3n) is 2.68. The van der Waals surface area contributed by atoms with Gasteiger partial charge >= 0.3 is 0 Å². The number of likely N-dealkylation sites (N-methyl/N-ethyl adjacent to an activating group) is 1. The maximum atomic E-state index is 11.6. The molecule has 0 aliphatic rings. The van der Waals surface area contributed by atoms with E-state index < -0.39 is 0 Å².